The molecule has 0 radical (unpaired) electrons. The van der Waals surface area contributed by atoms with Crippen LogP contribution in [0.2, 0.25) is 0 Å². The van der Waals surface area contributed by atoms with Crippen molar-refractivity contribution < 1.29 is 29.4 Å². The van der Waals surface area contributed by atoms with Gasteiger partial charge in [0.25, 0.3) is 0 Å². The first-order chi connectivity index (χ1) is 14.9. The number of rotatable bonds is 12. The third-order valence-electron chi connectivity index (χ3n) is 5.70. The van der Waals surface area contributed by atoms with Crippen LogP contribution in [0.5, 0.6) is 11.8 Å². The molecule has 0 spiro atoms. The van der Waals surface area contributed by atoms with Gasteiger partial charge in [0.05, 0.1) is 12.1 Å². The highest BCUT2D eigenvalue weighted by Gasteiger charge is 2.42. The van der Waals surface area contributed by atoms with Gasteiger partial charge in [0.2, 0.25) is 11.8 Å². The largest absolute Gasteiger partial charge is 0.492 e. The fourth-order valence-corrected chi connectivity index (χ4v) is 5.56. The highest BCUT2D eigenvalue weighted by molar-refractivity contribution is 8.00. The highest BCUT2D eigenvalue weighted by Crippen LogP contribution is 2.33. The van der Waals surface area contributed by atoms with Crippen LogP contribution in [0.1, 0.15) is 44.9 Å². The SMILES string of the molecule is NCCCC[C@@H](C(=O)CCCC[C@@H]1SC[C@@H]2NC(=O)N[C@@H]21)C(=O)On1c(O)ccc1O. The molecule has 172 valence electrons. The van der Waals surface area contributed by atoms with Crippen LogP contribution in [0.15, 0.2) is 12.1 Å². The van der Waals surface area contributed by atoms with Gasteiger partial charge < -0.3 is 31.4 Å². The molecular weight excluding hydrogens is 424 g/mol. The molecule has 6 N–H and O–H groups in total. The molecule has 2 saturated heterocycles. The van der Waals surface area contributed by atoms with Gasteiger partial charge in [-0.25, -0.2) is 9.59 Å². The Labute approximate surface area is 184 Å². The van der Waals surface area contributed by atoms with Crippen LogP contribution >= 0.6 is 11.8 Å². The lowest BCUT2D eigenvalue weighted by molar-refractivity contribution is -0.154. The quantitative estimate of drug-likeness (QED) is 0.177. The number of fused-ring (bicyclic) bond motifs is 1. The number of carbonyl (C=O) groups is 3. The normalized spacial score (nSPS) is 23.1. The summed E-state index contributed by atoms with van der Waals surface area (Å²) in [7, 11) is 0. The molecule has 0 aromatic carbocycles. The average Bonchev–Trinajstić information content (AvgIpc) is 3.38. The Balaban J connectivity index is 1.48. The van der Waals surface area contributed by atoms with E-state index in [0.29, 0.717) is 42.2 Å². The van der Waals surface area contributed by atoms with Gasteiger partial charge in [-0.2, -0.15) is 11.8 Å². The molecule has 2 amide bonds. The van der Waals surface area contributed by atoms with Crippen molar-refractivity contribution in [3.05, 3.63) is 12.1 Å². The Hall–Kier alpha value is -2.40. The van der Waals surface area contributed by atoms with E-state index in [-0.39, 0.29) is 30.3 Å². The third-order valence-corrected chi connectivity index (χ3v) is 7.21. The van der Waals surface area contributed by atoms with E-state index in [1.807, 2.05) is 11.8 Å². The predicted octanol–water partition coefficient (Wildman–Crippen LogP) is 0.895. The van der Waals surface area contributed by atoms with Crippen LogP contribution < -0.4 is 21.2 Å². The highest BCUT2D eigenvalue weighted by atomic mass is 32.2. The summed E-state index contributed by atoms with van der Waals surface area (Å²) in [6, 6.07) is 2.55. The predicted molar refractivity (Wildman–Crippen MR) is 115 cm³/mol. The average molecular weight is 455 g/mol. The summed E-state index contributed by atoms with van der Waals surface area (Å²) in [4.78, 5) is 41.9. The number of hydrogen-bond donors (Lipinski definition) is 5. The molecular formula is C20H30N4O6S. The summed E-state index contributed by atoms with van der Waals surface area (Å²) < 4.78 is 0.600. The van der Waals surface area contributed by atoms with E-state index in [1.54, 1.807) is 0 Å². The lowest BCUT2D eigenvalue weighted by atomic mass is 9.93. The molecule has 1 aromatic rings. The van der Waals surface area contributed by atoms with E-state index in [9.17, 15) is 24.6 Å². The molecule has 2 fully saturated rings. The molecule has 3 heterocycles. The zero-order valence-corrected chi connectivity index (χ0v) is 18.1. The number of urea groups is 1. The lowest BCUT2D eigenvalue weighted by Crippen LogP contribution is -2.36. The van der Waals surface area contributed by atoms with Crippen LogP contribution in [0, 0.1) is 5.92 Å². The number of nitrogens with one attached hydrogen (secondary N) is 2. The Morgan fingerprint density at radius 1 is 1.19 bits per heavy atom. The van der Waals surface area contributed by atoms with Crippen molar-refractivity contribution in [1.82, 2.24) is 15.4 Å². The zero-order chi connectivity index (χ0) is 22.4. The number of thioether (sulfide) groups is 1. The summed E-state index contributed by atoms with van der Waals surface area (Å²) in [5, 5.41) is 25.5. The first-order valence-electron chi connectivity index (χ1n) is 10.6. The van der Waals surface area contributed by atoms with Gasteiger partial charge in [-0.3, -0.25) is 4.79 Å². The van der Waals surface area contributed by atoms with Crippen LogP contribution in [0.3, 0.4) is 0 Å². The van der Waals surface area contributed by atoms with E-state index in [0.717, 1.165) is 18.6 Å². The van der Waals surface area contributed by atoms with E-state index in [4.69, 9.17) is 10.6 Å². The van der Waals surface area contributed by atoms with E-state index in [1.165, 1.54) is 12.1 Å². The lowest BCUT2D eigenvalue weighted by Gasteiger charge is -2.17. The van der Waals surface area contributed by atoms with Gasteiger partial charge in [-0.15, -0.1) is 4.73 Å². The number of aromatic nitrogens is 1. The molecule has 1 aromatic heterocycles. The Morgan fingerprint density at radius 3 is 2.65 bits per heavy atom. The summed E-state index contributed by atoms with van der Waals surface area (Å²) in [5.74, 6) is -1.98. The second-order valence-corrected chi connectivity index (χ2v) is 9.20. The summed E-state index contributed by atoms with van der Waals surface area (Å²) in [6.45, 7) is 0.460. The van der Waals surface area contributed by atoms with Crippen molar-refractivity contribution in [3.63, 3.8) is 0 Å². The van der Waals surface area contributed by atoms with Gasteiger partial charge in [-0.05, 0) is 32.2 Å². The van der Waals surface area contributed by atoms with Gasteiger partial charge in [-0.1, -0.05) is 12.8 Å². The number of aromatic hydroxyl groups is 2. The smallest absolute Gasteiger partial charge is 0.343 e. The van der Waals surface area contributed by atoms with Crippen LogP contribution in [-0.2, 0) is 9.59 Å². The summed E-state index contributed by atoms with van der Waals surface area (Å²) in [6.07, 6.45) is 4.15. The van der Waals surface area contributed by atoms with Crippen molar-refractivity contribution in [1.29, 1.82) is 0 Å². The molecule has 2 aliphatic rings. The summed E-state index contributed by atoms with van der Waals surface area (Å²) in [5.41, 5.74) is 5.52. The second kappa shape index (κ2) is 10.8. The molecule has 0 saturated carbocycles. The molecule has 10 nitrogen and oxygen atoms in total. The number of amides is 2. The zero-order valence-electron chi connectivity index (χ0n) is 17.3. The molecule has 0 unspecified atom stereocenters. The monoisotopic (exact) mass is 454 g/mol. The maximum absolute atomic E-state index is 12.8. The van der Waals surface area contributed by atoms with Crippen LogP contribution in [0.25, 0.3) is 0 Å². The number of nitrogens with two attached hydrogens (primary N) is 1. The fraction of sp³-hybridized carbons (Fsp3) is 0.650. The Morgan fingerprint density at radius 2 is 1.94 bits per heavy atom. The van der Waals surface area contributed by atoms with Gasteiger partial charge in [0, 0.05) is 29.6 Å². The Kier molecular flexibility index (Phi) is 8.08. The Bertz CT molecular complexity index is 781. The molecule has 31 heavy (non-hydrogen) atoms. The minimum atomic E-state index is -0.976. The number of hydrogen-bond acceptors (Lipinski definition) is 8. The number of ketones is 1. The molecule has 11 heteroatoms. The maximum atomic E-state index is 12.8. The van der Waals surface area contributed by atoms with E-state index >= 15 is 0 Å². The number of unbranched alkanes of at least 4 members (excludes halogenated alkanes) is 2. The van der Waals surface area contributed by atoms with Gasteiger partial charge in [0.15, 0.2) is 0 Å². The number of carbonyl (C=O) groups excluding carboxylic acids is 3. The van der Waals surface area contributed by atoms with Crippen LogP contribution in [0.4, 0.5) is 4.79 Å². The van der Waals surface area contributed by atoms with E-state index in [2.05, 4.69) is 10.6 Å². The first kappa shape index (κ1) is 23.3. The van der Waals surface area contributed by atoms with E-state index < -0.39 is 23.6 Å². The fourth-order valence-electron chi connectivity index (χ4n) is 4.01. The maximum Gasteiger partial charge on any atom is 0.343 e. The second-order valence-electron chi connectivity index (χ2n) is 7.93. The minimum Gasteiger partial charge on any atom is -0.492 e. The summed E-state index contributed by atoms with van der Waals surface area (Å²) >= 11 is 1.83. The van der Waals surface area contributed by atoms with Crippen molar-refractivity contribution in [3.8, 4) is 11.8 Å². The number of Topliss-reactive ketones (excluding diaryl/α,β-unsaturated/α-hetero) is 1. The van der Waals surface area contributed by atoms with Gasteiger partial charge in [0.1, 0.15) is 11.7 Å². The van der Waals surface area contributed by atoms with Crippen molar-refractivity contribution in [2.24, 2.45) is 11.7 Å². The molecule has 3 rings (SSSR count). The minimum absolute atomic E-state index is 0.117. The standard InChI is InChI=1S/C20H30N4O6S/c21-10-4-3-5-12(19(28)30-24-16(26)8-9-17(24)27)14(25)6-1-2-7-15-18-13(11-31-15)22-20(29)23-18/h8-9,12-13,15,18,26-27H,1-7,10-11,21H2,(H2,22,23,29)/t12-,13-,15-,18-/m0/s1. The van der Waals surface area contributed by atoms with Crippen molar-refractivity contribution >= 4 is 29.5 Å². The molecule has 2 aliphatic heterocycles. The molecule has 0 bridgehead atoms. The van der Waals surface area contributed by atoms with Crippen molar-refractivity contribution in [2.45, 2.75) is 62.3 Å². The van der Waals surface area contributed by atoms with Gasteiger partial charge >= 0.3 is 12.0 Å². The van der Waals surface area contributed by atoms with Crippen LogP contribution in [-0.4, -0.2) is 62.4 Å². The topological polar surface area (TPSA) is 156 Å². The molecule has 4 atom stereocenters. The molecule has 0 aliphatic carbocycles. The van der Waals surface area contributed by atoms with Crippen molar-refractivity contribution in [2.75, 3.05) is 12.3 Å². The number of nitrogens with zero attached hydrogens (tertiary/aromatic N) is 1. The first-order valence-corrected chi connectivity index (χ1v) is 11.7. The third kappa shape index (κ3) is 5.85.